The van der Waals surface area contributed by atoms with Crippen molar-refractivity contribution >= 4 is 0 Å². The van der Waals surface area contributed by atoms with Gasteiger partial charge in [0.05, 0.1) is 6.54 Å². The van der Waals surface area contributed by atoms with Crippen molar-refractivity contribution in [3.63, 3.8) is 0 Å². The molecule has 2 aromatic heterocycles. The van der Waals surface area contributed by atoms with Crippen LogP contribution in [-0.2, 0) is 19.4 Å². The van der Waals surface area contributed by atoms with Crippen LogP contribution in [0.1, 0.15) is 23.5 Å². The maximum absolute atomic E-state index is 5.65. The summed E-state index contributed by atoms with van der Waals surface area (Å²) in [5, 5.41) is 0. The van der Waals surface area contributed by atoms with E-state index in [2.05, 4.69) is 15.0 Å². The Bertz CT molecular complexity index is 517. The summed E-state index contributed by atoms with van der Waals surface area (Å²) in [5.74, 6) is 1.79. The lowest BCUT2D eigenvalue weighted by molar-refractivity contribution is 0.829. The van der Waals surface area contributed by atoms with Crippen LogP contribution in [0.2, 0.25) is 0 Å². The van der Waals surface area contributed by atoms with Gasteiger partial charge in [0.15, 0.2) is 0 Å². The van der Waals surface area contributed by atoms with Gasteiger partial charge in [0, 0.05) is 23.7 Å². The van der Waals surface area contributed by atoms with Crippen molar-refractivity contribution in [2.75, 3.05) is 0 Å². The number of imidazole rings is 1. The smallest absolute Gasteiger partial charge is 0.144 e. The Morgan fingerprint density at radius 3 is 3.06 bits per heavy atom. The first-order valence-electron chi connectivity index (χ1n) is 5.45. The van der Waals surface area contributed by atoms with E-state index in [0.29, 0.717) is 6.54 Å². The Morgan fingerprint density at radius 1 is 1.25 bits per heavy atom. The number of nitrogens with zero attached hydrogens (tertiary/aromatic N) is 4. The van der Waals surface area contributed by atoms with Crippen molar-refractivity contribution in [3.05, 3.63) is 35.8 Å². The van der Waals surface area contributed by atoms with Gasteiger partial charge < -0.3 is 5.73 Å². The molecule has 0 aliphatic heterocycles. The molecular formula is C11H13N5. The van der Waals surface area contributed by atoms with E-state index >= 15 is 0 Å². The SMILES string of the molecule is NCc1nccn1-c1ncnc2c1CCC2. The van der Waals surface area contributed by atoms with Gasteiger partial charge >= 0.3 is 0 Å². The number of nitrogens with two attached hydrogens (primary N) is 1. The number of fused-ring (bicyclic) bond motifs is 1. The van der Waals surface area contributed by atoms with E-state index < -0.39 is 0 Å². The second-order valence-corrected chi connectivity index (χ2v) is 3.89. The number of hydrogen-bond donors (Lipinski definition) is 1. The van der Waals surface area contributed by atoms with E-state index in [4.69, 9.17) is 5.73 Å². The first-order chi connectivity index (χ1) is 7.90. The average molecular weight is 215 g/mol. The normalized spacial score (nSPS) is 14.1. The van der Waals surface area contributed by atoms with Crippen LogP contribution in [0.3, 0.4) is 0 Å². The number of aromatic nitrogens is 4. The van der Waals surface area contributed by atoms with Gasteiger partial charge in [-0.1, -0.05) is 0 Å². The number of hydrogen-bond acceptors (Lipinski definition) is 4. The van der Waals surface area contributed by atoms with Crippen molar-refractivity contribution in [1.29, 1.82) is 0 Å². The molecule has 2 aromatic rings. The fourth-order valence-corrected chi connectivity index (χ4v) is 2.23. The molecule has 2 heterocycles. The highest BCUT2D eigenvalue weighted by atomic mass is 15.1. The highest BCUT2D eigenvalue weighted by Gasteiger charge is 2.19. The summed E-state index contributed by atoms with van der Waals surface area (Å²) >= 11 is 0. The van der Waals surface area contributed by atoms with E-state index in [-0.39, 0.29) is 0 Å². The minimum Gasteiger partial charge on any atom is -0.324 e. The summed E-state index contributed by atoms with van der Waals surface area (Å²) in [6.07, 6.45) is 8.55. The molecule has 0 unspecified atom stereocenters. The molecule has 16 heavy (non-hydrogen) atoms. The van der Waals surface area contributed by atoms with Gasteiger partial charge in [-0.2, -0.15) is 0 Å². The van der Waals surface area contributed by atoms with Crippen LogP contribution in [0, 0.1) is 0 Å². The summed E-state index contributed by atoms with van der Waals surface area (Å²) in [6, 6.07) is 0. The molecule has 0 saturated carbocycles. The monoisotopic (exact) mass is 215 g/mol. The van der Waals surface area contributed by atoms with Gasteiger partial charge in [-0.15, -0.1) is 0 Å². The molecule has 1 aliphatic rings. The predicted molar refractivity (Wildman–Crippen MR) is 59.1 cm³/mol. The molecule has 0 spiro atoms. The van der Waals surface area contributed by atoms with Crippen LogP contribution < -0.4 is 5.73 Å². The van der Waals surface area contributed by atoms with Crippen LogP contribution in [0.25, 0.3) is 5.82 Å². The molecule has 2 N–H and O–H groups in total. The zero-order valence-corrected chi connectivity index (χ0v) is 8.93. The van der Waals surface area contributed by atoms with E-state index in [9.17, 15) is 0 Å². The second-order valence-electron chi connectivity index (χ2n) is 3.89. The number of rotatable bonds is 2. The molecule has 0 amide bonds. The van der Waals surface area contributed by atoms with Crippen molar-refractivity contribution in [1.82, 2.24) is 19.5 Å². The lowest BCUT2D eigenvalue weighted by atomic mass is 10.2. The minimum absolute atomic E-state index is 0.422. The van der Waals surface area contributed by atoms with Gasteiger partial charge in [-0.05, 0) is 19.3 Å². The summed E-state index contributed by atoms with van der Waals surface area (Å²) in [5.41, 5.74) is 8.06. The Kier molecular flexibility index (Phi) is 2.18. The summed E-state index contributed by atoms with van der Waals surface area (Å²) < 4.78 is 1.96. The Morgan fingerprint density at radius 2 is 2.19 bits per heavy atom. The first kappa shape index (κ1) is 9.47. The highest BCUT2D eigenvalue weighted by Crippen LogP contribution is 2.24. The van der Waals surface area contributed by atoms with E-state index in [0.717, 1.165) is 30.9 Å². The first-order valence-corrected chi connectivity index (χ1v) is 5.45. The van der Waals surface area contributed by atoms with Crippen molar-refractivity contribution in [3.8, 4) is 5.82 Å². The molecule has 0 atom stereocenters. The van der Waals surface area contributed by atoms with Crippen molar-refractivity contribution < 1.29 is 0 Å². The van der Waals surface area contributed by atoms with E-state index in [1.54, 1.807) is 12.5 Å². The molecule has 82 valence electrons. The quantitative estimate of drug-likeness (QED) is 0.796. The maximum atomic E-state index is 5.65. The molecule has 0 saturated heterocycles. The van der Waals surface area contributed by atoms with E-state index in [1.165, 1.54) is 11.3 Å². The molecule has 0 aromatic carbocycles. The molecular weight excluding hydrogens is 202 g/mol. The maximum Gasteiger partial charge on any atom is 0.144 e. The number of aryl methyl sites for hydroxylation is 1. The summed E-state index contributed by atoms with van der Waals surface area (Å²) in [6.45, 7) is 0.422. The van der Waals surface area contributed by atoms with E-state index in [1.807, 2.05) is 10.8 Å². The fourth-order valence-electron chi connectivity index (χ4n) is 2.23. The Labute approximate surface area is 93.4 Å². The predicted octanol–water partition coefficient (Wildman–Crippen LogP) is 0.610. The molecule has 0 bridgehead atoms. The Balaban J connectivity index is 2.17. The third kappa shape index (κ3) is 1.32. The van der Waals surface area contributed by atoms with Crippen LogP contribution in [0.5, 0.6) is 0 Å². The third-order valence-electron chi connectivity index (χ3n) is 2.98. The third-order valence-corrected chi connectivity index (χ3v) is 2.98. The lowest BCUT2D eigenvalue weighted by Gasteiger charge is -2.09. The minimum atomic E-state index is 0.422. The standard InChI is InChI=1S/C11H13N5/c12-6-10-13-4-5-16(10)11-8-2-1-3-9(8)14-7-15-11/h4-5,7H,1-3,6,12H2. The van der Waals surface area contributed by atoms with Crippen LogP contribution in [-0.4, -0.2) is 19.5 Å². The lowest BCUT2D eigenvalue weighted by Crippen LogP contribution is -2.10. The second kappa shape index (κ2) is 3.68. The Hall–Kier alpha value is -1.75. The van der Waals surface area contributed by atoms with Gasteiger partial charge in [-0.3, -0.25) is 4.57 Å². The molecule has 3 rings (SSSR count). The fraction of sp³-hybridized carbons (Fsp3) is 0.364. The molecule has 0 radical (unpaired) electrons. The van der Waals surface area contributed by atoms with Crippen LogP contribution >= 0.6 is 0 Å². The zero-order valence-electron chi connectivity index (χ0n) is 8.93. The van der Waals surface area contributed by atoms with Gasteiger partial charge in [-0.25, -0.2) is 15.0 Å². The average Bonchev–Trinajstić information content (AvgIpc) is 2.96. The largest absolute Gasteiger partial charge is 0.324 e. The van der Waals surface area contributed by atoms with Crippen LogP contribution in [0.15, 0.2) is 18.7 Å². The van der Waals surface area contributed by atoms with Gasteiger partial charge in [0.25, 0.3) is 0 Å². The summed E-state index contributed by atoms with van der Waals surface area (Å²) in [4.78, 5) is 12.9. The van der Waals surface area contributed by atoms with Crippen molar-refractivity contribution in [2.45, 2.75) is 25.8 Å². The molecule has 1 aliphatic carbocycles. The van der Waals surface area contributed by atoms with Gasteiger partial charge in [0.2, 0.25) is 0 Å². The molecule has 0 fully saturated rings. The van der Waals surface area contributed by atoms with Crippen LogP contribution in [0.4, 0.5) is 0 Å². The highest BCUT2D eigenvalue weighted by molar-refractivity contribution is 5.40. The summed E-state index contributed by atoms with van der Waals surface area (Å²) in [7, 11) is 0. The molecule has 5 nitrogen and oxygen atoms in total. The zero-order chi connectivity index (χ0) is 11.0. The van der Waals surface area contributed by atoms with Gasteiger partial charge in [0.1, 0.15) is 18.0 Å². The van der Waals surface area contributed by atoms with Crippen molar-refractivity contribution in [2.24, 2.45) is 5.73 Å². The molecule has 5 heteroatoms. The topological polar surface area (TPSA) is 69.6 Å².